The van der Waals surface area contributed by atoms with Crippen molar-refractivity contribution in [1.29, 1.82) is 0 Å². The number of rotatable bonds is 11. The number of carbonyl (C=O) groups excluding carboxylic acids is 2. The Balaban J connectivity index is 1.96. The molecule has 0 aliphatic heterocycles. The van der Waals surface area contributed by atoms with Crippen LogP contribution in [0.25, 0.3) is 10.8 Å². The molecule has 0 saturated carbocycles. The molecule has 2 N–H and O–H groups in total. The van der Waals surface area contributed by atoms with Crippen LogP contribution in [0.3, 0.4) is 0 Å². The predicted molar refractivity (Wildman–Crippen MR) is 147 cm³/mol. The van der Waals surface area contributed by atoms with Crippen molar-refractivity contribution in [2.24, 2.45) is 5.92 Å². The lowest BCUT2D eigenvalue weighted by molar-refractivity contribution is -0.141. The van der Waals surface area contributed by atoms with Gasteiger partial charge in [-0.2, -0.15) is 0 Å². The molecule has 0 fully saturated rings. The molecule has 0 aromatic heterocycles. The minimum absolute atomic E-state index is 0.0119. The Labute approximate surface area is 223 Å². The maximum atomic E-state index is 13.6. The first-order chi connectivity index (χ1) is 18.1. The summed E-state index contributed by atoms with van der Waals surface area (Å²) in [6.07, 6.45) is 6.02. The molecular weight excluding hydrogens is 504 g/mol. The summed E-state index contributed by atoms with van der Waals surface area (Å²) in [5, 5.41) is 4.48. The lowest BCUT2D eigenvalue weighted by atomic mass is 9.98. The molecule has 0 saturated heterocycles. The number of hydrogen-bond donors (Lipinski definition) is 2. The molecule has 3 aromatic carbocycles. The Bertz CT molecular complexity index is 1480. The zero-order valence-electron chi connectivity index (χ0n) is 21.9. The first-order valence-electron chi connectivity index (χ1n) is 12.1. The van der Waals surface area contributed by atoms with Crippen LogP contribution in [-0.4, -0.2) is 41.1 Å². The average molecular weight is 537 g/mol. The maximum absolute atomic E-state index is 13.6. The highest BCUT2D eigenvalue weighted by Crippen LogP contribution is 2.31. The molecule has 0 radical (unpaired) electrons. The van der Waals surface area contributed by atoms with E-state index in [1.165, 1.54) is 20.3 Å². The Hall–Kier alpha value is -3.87. The van der Waals surface area contributed by atoms with Crippen molar-refractivity contribution < 1.29 is 27.5 Å². The summed E-state index contributed by atoms with van der Waals surface area (Å²) in [7, 11) is -1.40. The summed E-state index contributed by atoms with van der Waals surface area (Å²) in [4.78, 5) is 23.6. The van der Waals surface area contributed by atoms with E-state index in [2.05, 4.69) is 16.0 Å². The van der Waals surface area contributed by atoms with Crippen LogP contribution in [0.5, 0.6) is 0 Å². The number of fused-ring (bicyclic) bond motifs is 1. The van der Waals surface area contributed by atoms with E-state index in [0.717, 1.165) is 11.1 Å². The number of sulfonamides is 1. The number of ether oxygens (including phenoxy) is 2. The number of benzene rings is 3. The number of nitrogens with one attached hydrogen (secondary N) is 2. The maximum Gasteiger partial charge on any atom is 0.310 e. The quantitative estimate of drug-likeness (QED) is 0.280. The molecule has 8 nitrogen and oxygen atoms in total. The van der Waals surface area contributed by atoms with E-state index in [1.807, 2.05) is 26.0 Å². The van der Waals surface area contributed by atoms with Crippen LogP contribution < -0.4 is 10.0 Å². The van der Waals surface area contributed by atoms with E-state index >= 15 is 0 Å². The third kappa shape index (κ3) is 6.91. The van der Waals surface area contributed by atoms with Gasteiger partial charge in [0, 0.05) is 11.8 Å². The standard InChI is InChI=1S/C29H32N2O6S/c1-6-25(30-18-20(3)16-28(32)36-4)23-12-14-27(24-10-8-7-9-22(23)24)38(34,35)31-26-13-11-19(2)15-21(26)17-29(33)37-5/h1,7-15,20,25,30-31H,16-18H2,2-5H3/t20-,25-/m0/s1. The molecule has 9 heteroatoms. The van der Waals surface area contributed by atoms with Crippen molar-refractivity contribution in [3.05, 3.63) is 71.3 Å². The lowest BCUT2D eigenvalue weighted by Crippen LogP contribution is -2.27. The molecule has 0 aliphatic carbocycles. The second-order valence-corrected chi connectivity index (χ2v) is 10.8. The molecule has 3 aromatic rings. The van der Waals surface area contributed by atoms with Crippen molar-refractivity contribution in [2.45, 2.75) is 37.6 Å². The van der Waals surface area contributed by atoms with Crippen molar-refractivity contribution in [1.82, 2.24) is 5.32 Å². The minimum Gasteiger partial charge on any atom is -0.469 e. The minimum atomic E-state index is -4.03. The molecule has 0 amide bonds. The van der Waals surface area contributed by atoms with Crippen LogP contribution in [0.15, 0.2) is 59.5 Å². The van der Waals surface area contributed by atoms with Gasteiger partial charge in [0.05, 0.1) is 37.3 Å². The molecule has 200 valence electrons. The molecule has 0 heterocycles. The highest BCUT2D eigenvalue weighted by molar-refractivity contribution is 7.93. The van der Waals surface area contributed by atoms with Gasteiger partial charge in [-0.3, -0.25) is 19.6 Å². The first-order valence-corrected chi connectivity index (χ1v) is 13.5. The van der Waals surface area contributed by atoms with Crippen molar-refractivity contribution >= 4 is 38.4 Å². The van der Waals surface area contributed by atoms with Gasteiger partial charge < -0.3 is 9.47 Å². The Morgan fingerprint density at radius 1 is 1.00 bits per heavy atom. The predicted octanol–water partition coefficient (Wildman–Crippen LogP) is 4.13. The number of esters is 2. The fourth-order valence-corrected chi connectivity index (χ4v) is 5.51. The lowest BCUT2D eigenvalue weighted by Gasteiger charge is -2.20. The number of anilines is 1. The summed E-state index contributed by atoms with van der Waals surface area (Å²) in [6.45, 7) is 4.24. The highest BCUT2D eigenvalue weighted by Gasteiger charge is 2.23. The highest BCUT2D eigenvalue weighted by atomic mass is 32.2. The van der Waals surface area contributed by atoms with Gasteiger partial charge in [-0.25, -0.2) is 8.42 Å². The molecular formula is C29H32N2O6S. The van der Waals surface area contributed by atoms with Gasteiger partial charge in [0.2, 0.25) is 0 Å². The van der Waals surface area contributed by atoms with Crippen LogP contribution in [0.1, 0.15) is 36.1 Å². The van der Waals surface area contributed by atoms with Gasteiger partial charge in [0.15, 0.2) is 0 Å². The fraction of sp³-hybridized carbons (Fsp3) is 0.310. The van der Waals surface area contributed by atoms with E-state index < -0.39 is 22.0 Å². The molecule has 0 unspecified atom stereocenters. The Morgan fingerprint density at radius 2 is 1.68 bits per heavy atom. The van der Waals surface area contributed by atoms with Crippen LogP contribution in [-0.2, 0) is 35.5 Å². The van der Waals surface area contributed by atoms with Crippen molar-refractivity contribution in [3.8, 4) is 12.3 Å². The normalized spacial score (nSPS) is 12.8. The van der Waals surface area contributed by atoms with Gasteiger partial charge in [-0.15, -0.1) is 6.42 Å². The zero-order valence-corrected chi connectivity index (χ0v) is 22.7. The first kappa shape index (κ1) is 28.7. The van der Waals surface area contributed by atoms with Crippen LogP contribution in [0.4, 0.5) is 5.69 Å². The SMILES string of the molecule is C#C[C@H](NC[C@@H](C)CC(=O)OC)c1ccc(S(=O)(=O)Nc2ccc(C)cc2CC(=O)OC)c2ccccc12. The molecule has 2 atom stereocenters. The van der Waals surface area contributed by atoms with Gasteiger partial charge in [-0.1, -0.05) is 60.9 Å². The summed E-state index contributed by atoms with van der Waals surface area (Å²) >= 11 is 0. The number of carbonyl (C=O) groups is 2. The Morgan fingerprint density at radius 3 is 2.34 bits per heavy atom. The van der Waals surface area contributed by atoms with E-state index in [0.29, 0.717) is 28.6 Å². The van der Waals surface area contributed by atoms with Gasteiger partial charge in [-0.05, 0) is 48.0 Å². The van der Waals surface area contributed by atoms with Gasteiger partial charge >= 0.3 is 11.9 Å². The smallest absolute Gasteiger partial charge is 0.310 e. The van der Waals surface area contributed by atoms with E-state index in [9.17, 15) is 18.0 Å². The number of terminal acetylenes is 1. The van der Waals surface area contributed by atoms with Crippen LogP contribution >= 0.6 is 0 Å². The summed E-state index contributed by atoms with van der Waals surface area (Å²) in [5.41, 5.74) is 2.44. The zero-order chi connectivity index (χ0) is 27.9. The monoisotopic (exact) mass is 536 g/mol. The Kier molecular flexibility index (Phi) is 9.50. The molecule has 3 rings (SSSR count). The van der Waals surface area contributed by atoms with Gasteiger partial charge in [0.1, 0.15) is 0 Å². The number of methoxy groups -OCH3 is 2. The molecule has 0 bridgehead atoms. The van der Waals surface area contributed by atoms with Crippen LogP contribution in [0, 0.1) is 25.2 Å². The summed E-state index contributed by atoms with van der Waals surface area (Å²) < 4.78 is 39.3. The van der Waals surface area contributed by atoms with Crippen LogP contribution in [0.2, 0.25) is 0 Å². The van der Waals surface area contributed by atoms with Crippen molar-refractivity contribution in [3.63, 3.8) is 0 Å². The third-order valence-corrected chi connectivity index (χ3v) is 7.59. The summed E-state index contributed by atoms with van der Waals surface area (Å²) in [6, 6.07) is 15.0. The molecule has 0 aliphatic rings. The van der Waals surface area contributed by atoms with E-state index in [-0.39, 0.29) is 29.6 Å². The molecule has 38 heavy (non-hydrogen) atoms. The van der Waals surface area contributed by atoms with E-state index in [1.54, 1.807) is 36.4 Å². The third-order valence-electron chi connectivity index (χ3n) is 6.17. The molecule has 0 spiro atoms. The van der Waals surface area contributed by atoms with E-state index in [4.69, 9.17) is 15.9 Å². The number of aryl methyl sites for hydroxylation is 1. The van der Waals surface area contributed by atoms with Gasteiger partial charge in [0.25, 0.3) is 10.0 Å². The average Bonchev–Trinajstić information content (AvgIpc) is 2.90. The largest absolute Gasteiger partial charge is 0.469 e. The second-order valence-electron chi connectivity index (χ2n) is 9.11. The topological polar surface area (TPSA) is 111 Å². The second kappa shape index (κ2) is 12.6. The van der Waals surface area contributed by atoms with Crippen molar-refractivity contribution in [2.75, 3.05) is 25.5 Å². The summed E-state index contributed by atoms with van der Waals surface area (Å²) in [5.74, 6) is 1.95. The fourth-order valence-electron chi connectivity index (χ4n) is 4.19. The number of hydrogen-bond acceptors (Lipinski definition) is 7.